The van der Waals surface area contributed by atoms with Crippen LogP contribution < -0.4 is 10.1 Å². The first-order chi connectivity index (χ1) is 17.8. The summed E-state index contributed by atoms with van der Waals surface area (Å²) in [5, 5.41) is 3.09. The molecule has 1 N–H and O–H groups in total. The summed E-state index contributed by atoms with van der Waals surface area (Å²) in [6, 6.07) is 25.0. The van der Waals surface area contributed by atoms with Crippen molar-refractivity contribution in [3.05, 3.63) is 101 Å². The molecule has 0 saturated heterocycles. The van der Waals surface area contributed by atoms with Gasteiger partial charge in [0.05, 0.1) is 0 Å². The summed E-state index contributed by atoms with van der Waals surface area (Å²) in [7, 11) is 0. The van der Waals surface area contributed by atoms with E-state index >= 15 is 0 Å². The molecular formula is C33H42N2O3. The van der Waals surface area contributed by atoms with Crippen LogP contribution in [0, 0.1) is 6.92 Å². The van der Waals surface area contributed by atoms with Gasteiger partial charge in [-0.3, -0.25) is 9.59 Å². The molecule has 0 fully saturated rings. The number of amides is 2. The van der Waals surface area contributed by atoms with Crippen LogP contribution in [0.5, 0.6) is 5.75 Å². The number of nitrogens with zero attached hydrogens (tertiary/aromatic N) is 1. The minimum Gasteiger partial charge on any atom is -0.484 e. The first kappa shape index (κ1) is 29.0. The van der Waals surface area contributed by atoms with E-state index in [-0.39, 0.29) is 23.8 Å². The maximum absolute atomic E-state index is 13.8. The average Bonchev–Trinajstić information content (AvgIpc) is 2.84. The third-order valence-electron chi connectivity index (χ3n) is 6.29. The second-order valence-electron chi connectivity index (χ2n) is 12.0. The number of hydrogen-bond acceptors (Lipinski definition) is 3. The fourth-order valence-corrected chi connectivity index (χ4v) is 4.29. The normalized spacial score (nSPS) is 12.5. The fraction of sp³-hybridized carbons (Fsp3) is 0.394. The number of aryl methyl sites for hydroxylation is 1. The fourth-order valence-electron chi connectivity index (χ4n) is 4.29. The Hall–Kier alpha value is -3.60. The van der Waals surface area contributed by atoms with Crippen LogP contribution in [-0.4, -0.2) is 34.9 Å². The SMILES string of the molecule is Cc1cccc(CN(C(=O)COc2ccc(C(C)(C)C)cc2)C(Cc2ccccc2)C(=O)NC(C)(C)C)c1. The Morgan fingerprint density at radius 3 is 2.05 bits per heavy atom. The van der Waals surface area contributed by atoms with Crippen molar-refractivity contribution in [2.75, 3.05) is 6.61 Å². The predicted molar refractivity (Wildman–Crippen MR) is 154 cm³/mol. The van der Waals surface area contributed by atoms with Gasteiger partial charge in [0.1, 0.15) is 11.8 Å². The van der Waals surface area contributed by atoms with Crippen LogP contribution in [0.25, 0.3) is 0 Å². The molecule has 3 aromatic rings. The summed E-state index contributed by atoms with van der Waals surface area (Å²) >= 11 is 0. The maximum atomic E-state index is 13.8. The molecule has 5 nitrogen and oxygen atoms in total. The summed E-state index contributed by atoms with van der Waals surface area (Å²) in [6.07, 6.45) is 0.403. The standard InChI is InChI=1S/C33H42N2O3/c1-24-12-11-15-26(20-24)22-35(30(36)23-38-28-18-16-27(17-19-28)32(2,3)4)29(31(37)34-33(5,6)7)21-25-13-9-8-10-14-25/h8-20,29H,21-23H2,1-7H3,(H,34,37). The summed E-state index contributed by atoms with van der Waals surface area (Å²) in [4.78, 5) is 29.0. The molecule has 1 atom stereocenters. The number of carbonyl (C=O) groups excluding carboxylic acids is 2. The van der Waals surface area contributed by atoms with E-state index in [0.29, 0.717) is 18.7 Å². The van der Waals surface area contributed by atoms with Gasteiger partial charge in [0.15, 0.2) is 6.61 Å². The van der Waals surface area contributed by atoms with Gasteiger partial charge in [-0.1, -0.05) is 93.1 Å². The zero-order valence-electron chi connectivity index (χ0n) is 23.9. The Bertz CT molecular complexity index is 1210. The molecule has 0 aliphatic heterocycles. The molecule has 0 radical (unpaired) electrons. The third kappa shape index (κ3) is 8.76. The predicted octanol–water partition coefficient (Wildman–Crippen LogP) is 6.23. The molecule has 3 aromatic carbocycles. The minimum absolute atomic E-state index is 0.0318. The van der Waals surface area contributed by atoms with Crippen molar-refractivity contribution in [2.45, 2.75) is 78.4 Å². The number of rotatable bonds is 9. The van der Waals surface area contributed by atoms with Crippen molar-refractivity contribution in [1.29, 1.82) is 0 Å². The number of hydrogen-bond donors (Lipinski definition) is 1. The molecule has 0 aliphatic carbocycles. The molecule has 2 amide bonds. The Balaban J connectivity index is 1.90. The van der Waals surface area contributed by atoms with Crippen molar-refractivity contribution >= 4 is 11.8 Å². The van der Waals surface area contributed by atoms with E-state index in [1.165, 1.54) is 5.56 Å². The number of nitrogens with one attached hydrogen (secondary N) is 1. The minimum atomic E-state index is -0.698. The lowest BCUT2D eigenvalue weighted by molar-refractivity contribution is -0.143. The molecule has 38 heavy (non-hydrogen) atoms. The van der Waals surface area contributed by atoms with Crippen molar-refractivity contribution in [3.63, 3.8) is 0 Å². The molecule has 0 spiro atoms. The summed E-state index contributed by atoms with van der Waals surface area (Å²) < 4.78 is 5.94. The lowest BCUT2D eigenvalue weighted by Crippen LogP contribution is -2.55. The maximum Gasteiger partial charge on any atom is 0.261 e. The average molecular weight is 515 g/mol. The summed E-state index contributed by atoms with van der Waals surface area (Å²) in [5.74, 6) is 0.203. The summed E-state index contributed by atoms with van der Waals surface area (Å²) in [6.45, 7) is 14.5. The highest BCUT2D eigenvalue weighted by Crippen LogP contribution is 2.24. The van der Waals surface area contributed by atoms with Crippen molar-refractivity contribution in [3.8, 4) is 5.75 Å². The zero-order chi connectivity index (χ0) is 27.9. The number of ether oxygens (including phenoxy) is 1. The molecule has 0 bridgehead atoms. The van der Waals surface area contributed by atoms with Gasteiger partial charge in [-0.2, -0.15) is 0 Å². The second kappa shape index (κ2) is 12.3. The van der Waals surface area contributed by atoms with E-state index in [1.807, 2.05) is 107 Å². The van der Waals surface area contributed by atoms with Crippen LogP contribution in [0.15, 0.2) is 78.9 Å². The molecule has 202 valence electrons. The van der Waals surface area contributed by atoms with Gasteiger partial charge in [0.2, 0.25) is 5.91 Å². The lowest BCUT2D eigenvalue weighted by atomic mass is 9.87. The van der Waals surface area contributed by atoms with E-state index in [2.05, 4.69) is 26.1 Å². The largest absolute Gasteiger partial charge is 0.484 e. The van der Waals surface area contributed by atoms with Crippen LogP contribution in [0.1, 0.15) is 63.8 Å². The summed E-state index contributed by atoms with van der Waals surface area (Å²) in [5.41, 5.74) is 3.85. The van der Waals surface area contributed by atoms with E-state index < -0.39 is 11.6 Å². The van der Waals surface area contributed by atoms with Gasteiger partial charge in [-0.15, -0.1) is 0 Å². The van der Waals surface area contributed by atoms with Gasteiger partial charge >= 0.3 is 0 Å². The second-order valence-corrected chi connectivity index (χ2v) is 12.0. The molecule has 0 aliphatic rings. The van der Waals surface area contributed by atoms with Gasteiger partial charge in [-0.05, 0) is 61.9 Å². The molecule has 0 saturated carbocycles. The first-order valence-electron chi connectivity index (χ1n) is 13.3. The smallest absolute Gasteiger partial charge is 0.261 e. The Morgan fingerprint density at radius 2 is 1.47 bits per heavy atom. The van der Waals surface area contributed by atoms with E-state index in [9.17, 15) is 9.59 Å². The van der Waals surface area contributed by atoms with E-state index in [1.54, 1.807) is 4.90 Å². The Morgan fingerprint density at radius 1 is 0.842 bits per heavy atom. The highest BCUT2D eigenvalue weighted by Gasteiger charge is 2.32. The number of carbonyl (C=O) groups is 2. The molecule has 0 aromatic heterocycles. The monoisotopic (exact) mass is 514 g/mol. The Kier molecular flexibility index (Phi) is 9.37. The highest BCUT2D eigenvalue weighted by atomic mass is 16.5. The zero-order valence-corrected chi connectivity index (χ0v) is 23.9. The third-order valence-corrected chi connectivity index (χ3v) is 6.29. The molecular weight excluding hydrogens is 472 g/mol. The Labute approximate surface area is 228 Å². The first-order valence-corrected chi connectivity index (χ1v) is 13.3. The van der Waals surface area contributed by atoms with Crippen molar-refractivity contribution in [1.82, 2.24) is 10.2 Å². The molecule has 0 heterocycles. The van der Waals surface area contributed by atoms with Crippen LogP contribution in [0.2, 0.25) is 0 Å². The van der Waals surface area contributed by atoms with Crippen LogP contribution in [0.4, 0.5) is 0 Å². The highest BCUT2D eigenvalue weighted by molar-refractivity contribution is 5.89. The lowest BCUT2D eigenvalue weighted by Gasteiger charge is -2.33. The van der Waals surface area contributed by atoms with Crippen LogP contribution >= 0.6 is 0 Å². The number of benzene rings is 3. The van der Waals surface area contributed by atoms with Gasteiger partial charge < -0.3 is 15.0 Å². The quantitative estimate of drug-likeness (QED) is 0.368. The topological polar surface area (TPSA) is 58.6 Å². The van der Waals surface area contributed by atoms with Gasteiger partial charge in [0.25, 0.3) is 5.91 Å². The van der Waals surface area contributed by atoms with Crippen molar-refractivity contribution in [2.24, 2.45) is 0 Å². The molecule has 5 heteroatoms. The molecule has 3 rings (SSSR count). The van der Waals surface area contributed by atoms with E-state index in [0.717, 1.165) is 16.7 Å². The molecule has 1 unspecified atom stereocenters. The van der Waals surface area contributed by atoms with Gasteiger partial charge in [-0.25, -0.2) is 0 Å². The van der Waals surface area contributed by atoms with Crippen molar-refractivity contribution < 1.29 is 14.3 Å². The van der Waals surface area contributed by atoms with Gasteiger partial charge in [0, 0.05) is 18.5 Å². The van der Waals surface area contributed by atoms with E-state index in [4.69, 9.17) is 4.74 Å². The van der Waals surface area contributed by atoms with Crippen LogP contribution in [0.3, 0.4) is 0 Å². The van der Waals surface area contributed by atoms with Crippen LogP contribution in [-0.2, 0) is 28.0 Å².